The van der Waals surface area contributed by atoms with E-state index < -0.39 is 0 Å². The first-order valence-corrected chi connectivity index (χ1v) is 6.39. The Morgan fingerprint density at radius 3 is 2.57 bits per heavy atom. The topological polar surface area (TPSA) is 89.2 Å². The second kappa shape index (κ2) is 6.31. The molecular weight excluding hydrogens is 275 g/mol. The summed E-state index contributed by atoms with van der Waals surface area (Å²) >= 11 is 0. The zero-order valence-electron chi connectivity index (χ0n) is 12.0. The van der Waals surface area contributed by atoms with Crippen LogP contribution >= 0.6 is 0 Å². The van der Waals surface area contributed by atoms with Crippen LogP contribution in [0.25, 0.3) is 0 Å². The minimum atomic E-state index is -0.381. The Morgan fingerprint density at radius 1 is 1.24 bits per heavy atom. The molecule has 1 aromatic heterocycles. The van der Waals surface area contributed by atoms with Gasteiger partial charge in [0.25, 0.3) is 0 Å². The predicted octanol–water partition coefficient (Wildman–Crippen LogP) is 1.85. The molecule has 8 heteroatoms. The van der Waals surface area contributed by atoms with Gasteiger partial charge in [-0.2, -0.15) is 15.0 Å². The number of ether oxygens (including phenoxy) is 1. The largest absolute Gasteiger partial charge is 0.461 e. The molecule has 21 heavy (non-hydrogen) atoms. The van der Waals surface area contributed by atoms with Gasteiger partial charge >= 0.3 is 6.01 Å². The molecule has 7 nitrogen and oxygen atoms in total. The van der Waals surface area contributed by atoms with Crippen LogP contribution in [0.15, 0.2) is 24.3 Å². The summed E-state index contributed by atoms with van der Waals surface area (Å²) < 4.78 is 19.3. The molecule has 0 aliphatic rings. The Morgan fingerprint density at radius 2 is 1.95 bits per heavy atom. The monoisotopic (exact) mass is 292 g/mol. The van der Waals surface area contributed by atoms with E-state index in [4.69, 9.17) is 10.6 Å². The van der Waals surface area contributed by atoms with Crippen molar-refractivity contribution in [3.63, 3.8) is 0 Å². The summed E-state index contributed by atoms with van der Waals surface area (Å²) in [7, 11) is 1.65. The fraction of sp³-hybridized carbons (Fsp3) is 0.308. The number of halogens is 1. The maximum Gasteiger partial charge on any atom is 0.323 e. The molecule has 0 aliphatic carbocycles. The van der Waals surface area contributed by atoms with E-state index in [1.807, 2.05) is 13.8 Å². The molecule has 0 amide bonds. The molecule has 3 N–H and O–H groups in total. The van der Waals surface area contributed by atoms with Crippen molar-refractivity contribution < 1.29 is 9.13 Å². The molecule has 0 spiro atoms. The Hall–Kier alpha value is -2.48. The standard InChI is InChI=1S/C13H17FN6O/c1-8(2)21-13-17-11(19-15)16-12(18-13)20(3)10-7-5-4-6-9(10)14/h4-8H,15H2,1-3H3,(H,16,17,18,19). The van der Waals surface area contributed by atoms with E-state index in [1.165, 1.54) is 11.0 Å². The number of hydrogen-bond acceptors (Lipinski definition) is 7. The predicted molar refractivity (Wildman–Crippen MR) is 77.9 cm³/mol. The lowest BCUT2D eigenvalue weighted by Crippen LogP contribution is -2.20. The third-order valence-corrected chi connectivity index (χ3v) is 2.59. The fourth-order valence-electron chi connectivity index (χ4n) is 1.66. The van der Waals surface area contributed by atoms with Crippen LogP contribution < -0.4 is 20.9 Å². The maximum absolute atomic E-state index is 13.8. The van der Waals surface area contributed by atoms with Crippen LogP contribution in [-0.4, -0.2) is 28.1 Å². The number of nitrogen functional groups attached to an aromatic ring is 1. The Kier molecular flexibility index (Phi) is 4.49. The minimum absolute atomic E-state index is 0.107. The molecular formula is C13H17FN6O. The highest BCUT2D eigenvalue weighted by atomic mass is 19.1. The Bertz CT molecular complexity index is 621. The highest BCUT2D eigenvalue weighted by Crippen LogP contribution is 2.24. The molecule has 0 saturated heterocycles. The van der Waals surface area contributed by atoms with Gasteiger partial charge in [-0.15, -0.1) is 0 Å². The third kappa shape index (κ3) is 3.54. The average Bonchev–Trinajstić information content (AvgIpc) is 2.46. The highest BCUT2D eigenvalue weighted by molar-refractivity contribution is 5.57. The zero-order valence-corrected chi connectivity index (χ0v) is 12.0. The molecule has 0 fully saturated rings. The van der Waals surface area contributed by atoms with Crippen molar-refractivity contribution in [3.8, 4) is 6.01 Å². The maximum atomic E-state index is 13.8. The van der Waals surface area contributed by atoms with Crippen molar-refractivity contribution >= 4 is 17.6 Å². The lowest BCUT2D eigenvalue weighted by Gasteiger charge is -2.19. The smallest absolute Gasteiger partial charge is 0.323 e. The number of anilines is 3. The number of hydrogen-bond donors (Lipinski definition) is 2. The molecule has 0 bridgehead atoms. The van der Waals surface area contributed by atoms with Crippen molar-refractivity contribution in [1.29, 1.82) is 0 Å². The van der Waals surface area contributed by atoms with Crippen LogP contribution in [-0.2, 0) is 0 Å². The van der Waals surface area contributed by atoms with Crippen LogP contribution in [0.4, 0.5) is 22.0 Å². The van der Waals surface area contributed by atoms with Crippen molar-refractivity contribution in [3.05, 3.63) is 30.1 Å². The summed E-state index contributed by atoms with van der Waals surface area (Å²) in [6, 6.07) is 6.44. The van der Waals surface area contributed by atoms with Crippen molar-refractivity contribution in [2.45, 2.75) is 20.0 Å². The minimum Gasteiger partial charge on any atom is -0.461 e. The van der Waals surface area contributed by atoms with Gasteiger partial charge in [-0.3, -0.25) is 5.43 Å². The van der Waals surface area contributed by atoms with Crippen molar-refractivity contribution in [1.82, 2.24) is 15.0 Å². The molecule has 1 aromatic carbocycles. The first-order valence-electron chi connectivity index (χ1n) is 6.39. The second-order valence-corrected chi connectivity index (χ2v) is 4.56. The molecule has 2 aromatic rings. The van der Waals surface area contributed by atoms with Gasteiger partial charge in [0.1, 0.15) is 5.82 Å². The summed E-state index contributed by atoms with van der Waals surface area (Å²) in [5.74, 6) is 5.31. The lowest BCUT2D eigenvalue weighted by molar-refractivity contribution is 0.222. The first kappa shape index (κ1) is 14.9. The van der Waals surface area contributed by atoms with Crippen LogP contribution in [0, 0.1) is 5.82 Å². The van der Waals surface area contributed by atoms with E-state index in [0.29, 0.717) is 5.69 Å². The van der Waals surface area contributed by atoms with Gasteiger partial charge in [-0.25, -0.2) is 10.2 Å². The van der Waals surface area contributed by atoms with E-state index >= 15 is 0 Å². The second-order valence-electron chi connectivity index (χ2n) is 4.56. The number of nitrogens with one attached hydrogen (secondary N) is 1. The normalized spacial score (nSPS) is 10.6. The van der Waals surface area contributed by atoms with Gasteiger partial charge in [-0.1, -0.05) is 12.1 Å². The number of benzene rings is 1. The number of aromatic nitrogens is 3. The molecule has 1 heterocycles. The van der Waals surface area contributed by atoms with Crippen LogP contribution in [0.5, 0.6) is 6.01 Å². The quantitative estimate of drug-likeness (QED) is 0.642. The Labute approximate surface area is 122 Å². The van der Waals surface area contributed by atoms with Crippen molar-refractivity contribution in [2.24, 2.45) is 5.84 Å². The number of para-hydroxylation sites is 1. The lowest BCUT2D eigenvalue weighted by atomic mass is 10.3. The van der Waals surface area contributed by atoms with Gasteiger partial charge in [0.2, 0.25) is 11.9 Å². The summed E-state index contributed by atoms with van der Waals surface area (Å²) in [5.41, 5.74) is 2.67. The van der Waals surface area contributed by atoms with Crippen LogP contribution in [0.3, 0.4) is 0 Å². The molecule has 0 radical (unpaired) electrons. The highest BCUT2D eigenvalue weighted by Gasteiger charge is 2.15. The summed E-state index contributed by atoms with van der Waals surface area (Å²) in [6.45, 7) is 3.69. The molecule has 0 aliphatic heterocycles. The van der Waals surface area contributed by atoms with Gasteiger partial charge < -0.3 is 9.64 Å². The van der Waals surface area contributed by atoms with Gasteiger partial charge in [-0.05, 0) is 26.0 Å². The molecule has 112 valence electrons. The zero-order chi connectivity index (χ0) is 15.4. The fourth-order valence-corrected chi connectivity index (χ4v) is 1.66. The average molecular weight is 292 g/mol. The first-order chi connectivity index (χ1) is 10.0. The summed E-state index contributed by atoms with van der Waals surface area (Å²) in [6.07, 6.45) is -0.107. The van der Waals surface area contributed by atoms with Gasteiger partial charge in [0.15, 0.2) is 0 Å². The molecule has 2 rings (SSSR count). The van der Waals surface area contributed by atoms with E-state index in [9.17, 15) is 4.39 Å². The number of hydrazine groups is 1. The van der Waals surface area contributed by atoms with E-state index in [0.717, 1.165) is 0 Å². The van der Waals surface area contributed by atoms with E-state index in [2.05, 4.69) is 20.4 Å². The van der Waals surface area contributed by atoms with Crippen LogP contribution in [0.2, 0.25) is 0 Å². The SMILES string of the molecule is CC(C)Oc1nc(NN)nc(N(C)c2ccccc2F)n1. The van der Waals surface area contributed by atoms with Gasteiger partial charge in [0.05, 0.1) is 11.8 Å². The van der Waals surface area contributed by atoms with Crippen LogP contribution in [0.1, 0.15) is 13.8 Å². The van der Waals surface area contributed by atoms with Crippen molar-refractivity contribution in [2.75, 3.05) is 17.4 Å². The van der Waals surface area contributed by atoms with E-state index in [-0.39, 0.29) is 29.8 Å². The molecule has 0 unspecified atom stereocenters. The molecule has 0 atom stereocenters. The summed E-state index contributed by atoms with van der Waals surface area (Å²) in [4.78, 5) is 13.7. The third-order valence-electron chi connectivity index (χ3n) is 2.59. The number of nitrogens with two attached hydrogens (primary N) is 1. The number of rotatable bonds is 5. The summed E-state index contributed by atoms with van der Waals surface area (Å²) in [5, 5.41) is 0. The van der Waals surface area contributed by atoms with E-state index in [1.54, 1.807) is 25.2 Å². The number of nitrogens with zero attached hydrogens (tertiary/aromatic N) is 4. The molecule has 0 saturated carbocycles. The van der Waals surface area contributed by atoms with Gasteiger partial charge in [0, 0.05) is 7.05 Å². The Balaban J connectivity index is 2.40.